The van der Waals surface area contributed by atoms with Gasteiger partial charge in [-0.15, -0.1) is 0 Å². The molecule has 0 saturated carbocycles. The van der Waals surface area contributed by atoms with Crippen molar-refractivity contribution in [3.05, 3.63) is 35.9 Å². The highest BCUT2D eigenvalue weighted by atomic mass is 32.2. The van der Waals surface area contributed by atoms with Crippen LogP contribution in [0.25, 0.3) is 0 Å². The van der Waals surface area contributed by atoms with Crippen molar-refractivity contribution >= 4 is 43.0 Å². The first-order valence-corrected chi connectivity index (χ1v) is 8.29. The smallest absolute Gasteiger partial charge is 0.334 e. The van der Waals surface area contributed by atoms with Gasteiger partial charge in [-0.25, -0.2) is 4.79 Å². The van der Waals surface area contributed by atoms with Crippen LogP contribution < -0.4 is 0 Å². The Kier molecular flexibility index (Phi) is 5.00. The SMILES string of the molecule is CN1CCSC1(Cc1ccccc1)OC(=O)C(C)(S)S. The fraction of sp³-hybridized carbons (Fsp3) is 0.500. The van der Waals surface area contributed by atoms with Crippen LogP contribution in [0.5, 0.6) is 0 Å². The number of hydrogen-bond acceptors (Lipinski definition) is 6. The largest absolute Gasteiger partial charge is 0.432 e. The van der Waals surface area contributed by atoms with Crippen molar-refractivity contribution in [3.63, 3.8) is 0 Å². The molecular weight excluding hydrogens is 310 g/mol. The summed E-state index contributed by atoms with van der Waals surface area (Å²) in [6.07, 6.45) is 0.651. The summed E-state index contributed by atoms with van der Waals surface area (Å²) < 4.78 is 4.69. The Bertz CT molecular complexity index is 475. The van der Waals surface area contributed by atoms with Crippen molar-refractivity contribution in [2.45, 2.75) is 22.5 Å². The zero-order valence-electron chi connectivity index (χ0n) is 11.6. The highest BCUT2D eigenvalue weighted by Crippen LogP contribution is 2.40. The van der Waals surface area contributed by atoms with Gasteiger partial charge >= 0.3 is 5.97 Å². The molecule has 1 heterocycles. The molecule has 1 atom stereocenters. The molecule has 2 rings (SSSR count). The van der Waals surface area contributed by atoms with E-state index in [0.29, 0.717) is 6.42 Å². The van der Waals surface area contributed by atoms with Crippen LogP contribution in [0.3, 0.4) is 0 Å². The summed E-state index contributed by atoms with van der Waals surface area (Å²) in [7, 11) is 1.98. The van der Waals surface area contributed by atoms with Crippen molar-refractivity contribution in [2.24, 2.45) is 0 Å². The molecule has 6 heteroatoms. The Balaban J connectivity index is 2.21. The molecule has 0 amide bonds. The van der Waals surface area contributed by atoms with Gasteiger partial charge in [0, 0.05) is 18.7 Å². The second-order valence-electron chi connectivity index (χ2n) is 5.06. The molecule has 20 heavy (non-hydrogen) atoms. The van der Waals surface area contributed by atoms with E-state index in [1.165, 1.54) is 0 Å². The second kappa shape index (κ2) is 6.22. The minimum Gasteiger partial charge on any atom is -0.432 e. The van der Waals surface area contributed by atoms with E-state index in [9.17, 15) is 4.79 Å². The van der Waals surface area contributed by atoms with Crippen LogP contribution in [0.15, 0.2) is 30.3 Å². The van der Waals surface area contributed by atoms with Crippen molar-refractivity contribution in [1.82, 2.24) is 4.90 Å². The van der Waals surface area contributed by atoms with Crippen LogP contribution >= 0.6 is 37.0 Å². The summed E-state index contributed by atoms with van der Waals surface area (Å²) in [6.45, 7) is 2.51. The number of nitrogens with zero attached hydrogens (tertiary/aromatic N) is 1. The molecule has 0 bridgehead atoms. The van der Waals surface area contributed by atoms with Crippen LogP contribution in [0.2, 0.25) is 0 Å². The molecule has 0 spiro atoms. The molecule has 110 valence electrons. The molecule has 1 aliphatic heterocycles. The normalized spacial score (nSPS) is 23.8. The first-order valence-electron chi connectivity index (χ1n) is 6.41. The lowest BCUT2D eigenvalue weighted by atomic mass is 10.1. The van der Waals surface area contributed by atoms with Crippen LogP contribution in [0.1, 0.15) is 12.5 Å². The van der Waals surface area contributed by atoms with Crippen LogP contribution in [0, 0.1) is 0 Å². The van der Waals surface area contributed by atoms with Gasteiger partial charge in [0.1, 0.15) is 0 Å². The number of hydrogen-bond donors (Lipinski definition) is 2. The topological polar surface area (TPSA) is 29.5 Å². The summed E-state index contributed by atoms with van der Waals surface area (Å²) in [5, 5.41) is -0.662. The molecule has 0 N–H and O–H groups in total. The van der Waals surface area contributed by atoms with E-state index in [0.717, 1.165) is 17.9 Å². The zero-order chi connectivity index (χ0) is 14.8. The third-order valence-corrected chi connectivity index (χ3v) is 4.99. The Morgan fingerprint density at radius 3 is 2.60 bits per heavy atom. The predicted octanol–water partition coefficient (Wildman–Crippen LogP) is 2.68. The molecule has 1 aliphatic rings. The summed E-state index contributed by atoms with van der Waals surface area (Å²) in [4.78, 5) is 14.2. The van der Waals surface area contributed by atoms with Gasteiger partial charge < -0.3 is 4.74 Å². The third kappa shape index (κ3) is 3.67. The molecule has 1 fully saturated rings. The van der Waals surface area contributed by atoms with E-state index in [4.69, 9.17) is 4.74 Å². The minimum absolute atomic E-state index is 0.415. The number of carbonyl (C=O) groups is 1. The highest BCUT2D eigenvalue weighted by Gasteiger charge is 2.45. The molecule has 1 aromatic rings. The van der Waals surface area contributed by atoms with E-state index in [1.807, 2.05) is 37.4 Å². The average molecular weight is 330 g/mol. The average Bonchev–Trinajstić information content (AvgIpc) is 2.71. The first kappa shape index (κ1) is 16.1. The van der Waals surface area contributed by atoms with Gasteiger partial charge in [0.25, 0.3) is 0 Å². The fourth-order valence-electron chi connectivity index (χ4n) is 2.05. The Morgan fingerprint density at radius 2 is 2.10 bits per heavy atom. The standard InChI is InChI=1S/C14H19NO2S3/c1-13(18,19)12(16)17-14(15(2)8-9-20-14)10-11-6-4-3-5-7-11/h3-7,18-19H,8-10H2,1-2H3. The summed E-state index contributed by atoms with van der Waals surface area (Å²) in [5.41, 5.74) is 1.14. The molecule has 0 radical (unpaired) electrons. The van der Waals surface area contributed by atoms with Gasteiger partial charge in [-0.2, -0.15) is 25.3 Å². The van der Waals surface area contributed by atoms with E-state index in [2.05, 4.69) is 30.2 Å². The zero-order valence-corrected chi connectivity index (χ0v) is 14.2. The van der Waals surface area contributed by atoms with Crippen LogP contribution in [-0.4, -0.2) is 39.4 Å². The van der Waals surface area contributed by atoms with Gasteiger partial charge in [0.05, 0.1) is 0 Å². The lowest BCUT2D eigenvalue weighted by Crippen LogP contribution is -2.47. The molecule has 1 unspecified atom stereocenters. The van der Waals surface area contributed by atoms with Crippen molar-refractivity contribution < 1.29 is 9.53 Å². The predicted molar refractivity (Wildman–Crippen MR) is 90.4 cm³/mol. The number of ether oxygens (including phenoxy) is 1. The van der Waals surface area contributed by atoms with Gasteiger partial charge in [0.15, 0.2) is 4.08 Å². The minimum atomic E-state index is -1.09. The molecule has 1 saturated heterocycles. The summed E-state index contributed by atoms with van der Waals surface area (Å²) >= 11 is 10.0. The molecule has 0 aliphatic carbocycles. The number of rotatable bonds is 4. The lowest BCUT2D eigenvalue weighted by molar-refractivity contribution is -0.161. The van der Waals surface area contributed by atoms with E-state index < -0.39 is 15.1 Å². The maximum absolute atomic E-state index is 12.1. The van der Waals surface area contributed by atoms with Crippen molar-refractivity contribution in [2.75, 3.05) is 19.3 Å². The van der Waals surface area contributed by atoms with Crippen molar-refractivity contribution in [3.8, 4) is 0 Å². The molecule has 1 aromatic carbocycles. The molecule has 3 nitrogen and oxygen atoms in total. The van der Waals surface area contributed by atoms with Gasteiger partial charge in [0.2, 0.25) is 5.06 Å². The number of esters is 1. The Hall–Kier alpha value is -0.300. The first-order chi connectivity index (χ1) is 9.33. The third-order valence-electron chi connectivity index (χ3n) is 3.25. The number of benzene rings is 1. The highest BCUT2D eigenvalue weighted by molar-refractivity contribution is 8.02. The number of thiol groups is 2. The number of carbonyl (C=O) groups excluding carboxylic acids is 1. The molecular formula is C14H19NO2S3. The number of thioether (sulfide) groups is 1. The van der Waals surface area contributed by atoms with Crippen LogP contribution in [-0.2, 0) is 16.0 Å². The Morgan fingerprint density at radius 1 is 1.45 bits per heavy atom. The number of likely N-dealkylation sites (N-methyl/N-ethyl adjacent to an activating group) is 1. The summed E-state index contributed by atoms with van der Waals surface area (Å²) in [6, 6.07) is 10.1. The molecule has 0 aromatic heterocycles. The second-order valence-corrected chi connectivity index (χ2v) is 8.53. The van der Waals surface area contributed by atoms with Crippen molar-refractivity contribution in [1.29, 1.82) is 0 Å². The maximum atomic E-state index is 12.1. The fourth-order valence-corrected chi connectivity index (χ4v) is 3.54. The van der Waals surface area contributed by atoms with Gasteiger partial charge in [-0.1, -0.05) is 42.1 Å². The monoisotopic (exact) mass is 329 g/mol. The van der Waals surface area contributed by atoms with E-state index >= 15 is 0 Å². The Labute approximate surface area is 135 Å². The van der Waals surface area contributed by atoms with Gasteiger partial charge in [-0.3, -0.25) is 4.90 Å². The van der Waals surface area contributed by atoms with Gasteiger partial charge in [-0.05, 0) is 19.5 Å². The summed E-state index contributed by atoms with van der Waals surface area (Å²) in [5.74, 6) is 0.522. The lowest BCUT2D eigenvalue weighted by Gasteiger charge is -2.36. The quantitative estimate of drug-likeness (QED) is 0.505. The maximum Gasteiger partial charge on any atom is 0.334 e. The van der Waals surface area contributed by atoms with E-state index in [-0.39, 0.29) is 0 Å². The van der Waals surface area contributed by atoms with Crippen LogP contribution in [0.4, 0.5) is 0 Å². The van der Waals surface area contributed by atoms with E-state index in [1.54, 1.807) is 18.7 Å².